The lowest BCUT2D eigenvalue weighted by molar-refractivity contribution is 0.0576. The second kappa shape index (κ2) is 6.89. The van der Waals surface area contributed by atoms with Crippen LogP contribution in [0.5, 0.6) is 11.5 Å². The van der Waals surface area contributed by atoms with Crippen LogP contribution in [0, 0.1) is 31.1 Å². The van der Waals surface area contributed by atoms with Crippen molar-refractivity contribution in [3.05, 3.63) is 71.5 Å². The number of carbonyl (C=O) groups is 1. The van der Waals surface area contributed by atoms with Gasteiger partial charge in [0.2, 0.25) is 0 Å². The summed E-state index contributed by atoms with van der Waals surface area (Å²) in [6.45, 7) is 4.89. The molecule has 0 atom stereocenters. The van der Waals surface area contributed by atoms with Crippen LogP contribution in [0.4, 0.5) is 0 Å². The van der Waals surface area contributed by atoms with E-state index in [2.05, 4.69) is 29.4 Å². The SMILES string of the molecule is Cc1cc2ccccc2cc1Oc1ccnn2cc(C(=O)N3CC(C#N)C3)c(C)c12. The number of ether oxygens (including phenoxy) is 1. The van der Waals surface area contributed by atoms with Crippen LogP contribution in [0.2, 0.25) is 0 Å². The molecule has 1 saturated heterocycles. The molecular formula is C24H20N4O2. The highest BCUT2D eigenvalue weighted by Crippen LogP contribution is 2.34. The van der Waals surface area contributed by atoms with Gasteiger partial charge in [0.15, 0.2) is 5.75 Å². The van der Waals surface area contributed by atoms with Crippen molar-refractivity contribution in [3.63, 3.8) is 0 Å². The van der Waals surface area contributed by atoms with Gasteiger partial charge in [-0.15, -0.1) is 0 Å². The maximum absolute atomic E-state index is 12.9. The molecule has 0 N–H and O–H groups in total. The van der Waals surface area contributed by atoms with Crippen molar-refractivity contribution in [2.24, 2.45) is 5.92 Å². The summed E-state index contributed by atoms with van der Waals surface area (Å²) in [5.74, 6) is 1.28. The fourth-order valence-corrected chi connectivity index (χ4v) is 3.98. The zero-order valence-corrected chi connectivity index (χ0v) is 16.8. The lowest BCUT2D eigenvalue weighted by atomic mass is 10.0. The fraction of sp³-hybridized carbons (Fsp3) is 0.208. The molecule has 0 saturated carbocycles. The van der Waals surface area contributed by atoms with Crippen LogP contribution < -0.4 is 4.74 Å². The number of nitrogens with zero attached hydrogens (tertiary/aromatic N) is 4. The van der Waals surface area contributed by atoms with Crippen molar-refractivity contribution >= 4 is 22.2 Å². The van der Waals surface area contributed by atoms with Gasteiger partial charge in [-0.2, -0.15) is 10.4 Å². The Morgan fingerprint density at radius 3 is 2.60 bits per heavy atom. The normalized spacial score (nSPS) is 14.0. The fourth-order valence-electron chi connectivity index (χ4n) is 3.98. The molecule has 1 fully saturated rings. The van der Waals surface area contributed by atoms with Crippen molar-refractivity contribution in [2.45, 2.75) is 13.8 Å². The topological polar surface area (TPSA) is 70.6 Å². The monoisotopic (exact) mass is 396 g/mol. The Kier molecular flexibility index (Phi) is 4.18. The van der Waals surface area contributed by atoms with Gasteiger partial charge in [0, 0.05) is 25.4 Å². The Morgan fingerprint density at radius 1 is 1.13 bits per heavy atom. The second-order valence-corrected chi connectivity index (χ2v) is 7.76. The van der Waals surface area contributed by atoms with E-state index in [4.69, 9.17) is 10.00 Å². The Bertz CT molecular complexity index is 1340. The summed E-state index contributed by atoms with van der Waals surface area (Å²) >= 11 is 0. The third-order valence-corrected chi connectivity index (χ3v) is 5.73. The number of aryl methyl sites for hydroxylation is 2. The van der Waals surface area contributed by atoms with Crippen LogP contribution >= 0.6 is 0 Å². The molecule has 0 bridgehead atoms. The number of aromatic nitrogens is 2. The number of amides is 1. The summed E-state index contributed by atoms with van der Waals surface area (Å²) in [5, 5.41) is 15.6. The van der Waals surface area contributed by atoms with E-state index >= 15 is 0 Å². The summed E-state index contributed by atoms with van der Waals surface area (Å²) in [4.78, 5) is 14.6. The van der Waals surface area contributed by atoms with Gasteiger partial charge >= 0.3 is 0 Å². The molecule has 1 aliphatic heterocycles. The highest BCUT2D eigenvalue weighted by molar-refractivity contribution is 5.99. The van der Waals surface area contributed by atoms with Crippen molar-refractivity contribution in [1.29, 1.82) is 5.26 Å². The third kappa shape index (κ3) is 2.87. The molecular weight excluding hydrogens is 376 g/mol. The molecule has 1 aliphatic rings. The van der Waals surface area contributed by atoms with Gasteiger partial charge in [0.25, 0.3) is 5.91 Å². The Balaban J connectivity index is 1.53. The number of carbonyl (C=O) groups excluding carboxylic acids is 1. The zero-order valence-electron chi connectivity index (χ0n) is 16.8. The molecule has 30 heavy (non-hydrogen) atoms. The summed E-state index contributed by atoms with van der Waals surface area (Å²) in [5.41, 5.74) is 3.21. The largest absolute Gasteiger partial charge is 0.455 e. The maximum Gasteiger partial charge on any atom is 0.255 e. The molecule has 6 heteroatoms. The number of hydrogen-bond acceptors (Lipinski definition) is 4. The minimum atomic E-state index is -0.0719. The van der Waals surface area contributed by atoms with Crippen molar-refractivity contribution in [3.8, 4) is 17.6 Å². The summed E-state index contributed by atoms with van der Waals surface area (Å²) in [6, 6.07) is 16.3. The van der Waals surface area contributed by atoms with Gasteiger partial charge in [0.1, 0.15) is 11.3 Å². The number of rotatable bonds is 3. The average Bonchev–Trinajstić information content (AvgIpc) is 3.05. The molecule has 2 aromatic carbocycles. The van der Waals surface area contributed by atoms with Crippen LogP contribution in [0.3, 0.4) is 0 Å². The Labute approximate surface area is 173 Å². The first kappa shape index (κ1) is 18.2. The third-order valence-electron chi connectivity index (χ3n) is 5.73. The minimum Gasteiger partial charge on any atom is -0.455 e. The molecule has 6 nitrogen and oxygen atoms in total. The van der Waals surface area contributed by atoms with Crippen LogP contribution in [0.1, 0.15) is 21.5 Å². The van der Waals surface area contributed by atoms with Gasteiger partial charge in [-0.3, -0.25) is 4.79 Å². The van der Waals surface area contributed by atoms with Gasteiger partial charge in [-0.1, -0.05) is 24.3 Å². The van der Waals surface area contributed by atoms with Crippen LogP contribution in [-0.4, -0.2) is 33.5 Å². The highest BCUT2D eigenvalue weighted by Gasteiger charge is 2.33. The lowest BCUT2D eigenvalue weighted by Gasteiger charge is -2.35. The summed E-state index contributed by atoms with van der Waals surface area (Å²) in [7, 11) is 0. The molecule has 4 aromatic rings. The van der Waals surface area contributed by atoms with Crippen LogP contribution in [0.15, 0.2) is 54.9 Å². The number of likely N-dealkylation sites (tertiary alicyclic amines) is 1. The van der Waals surface area contributed by atoms with Crippen LogP contribution in [0.25, 0.3) is 16.3 Å². The highest BCUT2D eigenvalue weighted by atomic mass is 16.5. The number of hydrogen-bond donors (Lipinski definition) is 0. The molecule has 2 aromatic heterocycles. The first-order valence-corrected chi connectivity index (χ1v) is 9.88. The van der Waals surface area contributed by atoms with Gasteiger partial charge in [-0.25, -0.2) is 4.52 Å². The van der Waals surface area contributed by atoms with Crippen molar-refractivity contribution < 1.29 is 9.53 Å². The van der Waals surface area contributed by atoms with E-state index in [1.807, 2.05) is 38.1 Å². The molecule has 5 rings (SSSR count). The van der Waals surface area contributed by atoms with E-state index in [-0.39, 0.29) is 11.8 Å². The quantitative estimate of drug-likeness (QED) is 0.511. The van der Waals surface area contributed by atoms with E-state index in [1.54, 1.807) is 21.8 Å². The first-order valence-electron chi connectivity index (χ1n) is 9.88. The van der Waals surface area contributed by atoms with Crippen molar-refractivity contribution in [2.75, 3.05) is 13.1 Å². The van der Waals surface area contributed by atoms with E-state index in [1.165, 1.54) is 5.39 Å². The van der Waals surface area contributed by atoms with E-state index in [0.29, 0.717) is 24.4 Å². The second-order valence-electron chi connectivity index (χ2n) is 7.76. The predicted octanol–water partition coefficient (Wildman–Crippen LogP) is 4.49. The summed E-state index contributed by atoms with van der Waals surface area (Å²) in [6.07, 6.45) is 3.41. The van der Waals surface area contributed by atoms with Crippen LogP contribution in [-0.2, 0) is 0 Å². The molecule has 0 radical (unpaired) electrons. The Hall–Kier alpha value is -3.85. The van der Waals surface area contributed by atoms with E-state index in [0.717, 1.165) is 27.8 Å². The smallest absolute Gasteiger partial charge is 0.255 e. The van der Waals surface area contributed by atoms with Gasteiger partial charge in [-0.05, 0) is 47.9 Å². The maximum atomic E-state index is 12.9. The minimum absolute atomic E-state index is 0.0702. The molecule has 3 heterocycles. The molecule has 148 valence electrons. The first-order chi connectivity index (χ1) is 14.5. The van der Waals surface area contributed by atoms with Gasteiger partial charge < -0.3 is 9.64 Å². The molecule has 0 aliphatic carbocycles. The Morgan fingerprint density at radius 2 is 1.87 bits per heavy atom. The molecule has 0 spiro atoms. The van der Waals surface area contributed by atoms with E-state index < -0.39 is 0 Å². The average molecular weight is 396 g/mol. The van der Waals surface area contributed by atoms with Crippen molar-refractivity contribution in [1.82, 2.24) is 14.5 Å². The standard InChI is InChI=1S/C24H20N4O2/c1-15-9-18-5-3-4-6-19(18)10-22(15)30-21-7-8-26-28-14-20(16(2)23(21)28)24(29)27-12-17(11-25)13-27/h3-10,14,17H,12-13H2,1-2H3. The van der Waals surface area contributed by atoms with E-state index in [9.17, 15) is 4.79 Å². The summed E-state index contributed by atoms with van der Waals surface area (Å²) < 4.78 is 8.00. The lowest BCUT2D eigenvalue weighted by Crippen LogP contribution is -2.49. The molecule has 0 unspecified atom stereocenters. The number of fused-ring (bicyclic) bond motifs is 2. The number of benzene rings is 2. The van der Waals surface area contributed by atoms with Gasteiger partial charge in [0.05, 0.1) is 23.7 Å². The predicted molar refractivity (Wildman–Crippen MR) is 114 cm³/mol. The molecule has 1 amide bonds. The number of nitriles is 1. The zero-order chi connectivity index (χ0) is 20.8.